The fourth-order valence-corrected chi connectivity index (χ4v) is 3.15. The van der Waals surface area contributed by atoms with E-state index in [1.807, 2.05) is 12.1 Å². The second-order valence-electron chi connectivity index (χ2n) is 3.76. The van der Waals surface area contributed by atoms with E-state index in [1.165, 1.54) is 0 Å². The topological polar surface area (TPSA) is 46.3 Å². The van der Waals surface area contributed by atoms with Crippen LogP contribution in [0.5, 0.6) is 0 Å². The number of benzene rings is 1. The van der Waals surface area contributed by atoms with Crippen LogP contribution >= 0.6 is 15.9 Å². The molecule has 0 radical (unpaired) electrons. The Morgan fingerprint density at radius 3 is 2.53 bits per heavy atom. The summed E-state index contributed by atoms with van der Waals surface area (Å²) in [6.07, 6.45) is 0. The molecule has 0 spiro atoms. The van der Waals surface area contributed by atoms with E-state index in [2.05, 4.69) is 34.7 Å². The SMILES string of the molecule is CCN(CC)CCS(=O)c1ccc(Br)cc1N. The van der Waals surface area contributed by atoms with Gasteiger partial charge in [0.1, 0.15) is 0 Å². The van der Waals surface area contributed by atoms with E-state index in [4.69, 9.17) is 5.73 Å². The number of hydrogen-bond donors (Lipinski definition) is 1. The maximum Gasteiger partial charge on any atom is 0.0618 e. The van der Waals surface area contributed by atoms with Gasteiger partial charge in [0, 0.05) is 22.5 Å². The third-order valence-corrected chi connectivity index (χ3v) is 4.61. The van der Waals surface area contributed by atoms with Crippen molar-refractivity contribution in [2.45, 2.75) is 18.7 Å². The van der Waals surface area contributed by atoms with Crippen LogP contribution in [0.15, 0.2) is 27.6 Å². The molecule has 0 amide bonds. The van der Waals surface area contributed by atoms with Crippen LogP contribution in [0.25, 0.3) is 0 Å². The second kappa shape index (κ2) is 7.13. The quantitative estimate of drug-likeness (QED) is 0.820. The molecule has 1 aromatic rings. The van der Waals surface area contributed by atoms with Crippen LogP contribution in [0.4, 0.5) is 5.69 Å². The molecule has 1 rings (SSSR count). The lowest BCUT2D eigenvalue weighted by Gasteiger charge is -2.17. The molecule has 2 N–H and O–H groups in total. The Bertz CT molecular complexity index is 394. The first-order chi connectivity index (χ1) is 8.08. The third-order valence-electron chi connectivity index (χ3n) is 2.70. The first-order valence-electron chi connectivity index (χ1n) is 5.74. The fourth-order valence-electron chi connectivity index (χ4n) is 1.59. The van der Waals surface area contributed by atoms with Gasteiger partial charge in [0.05, 0.1) is 15.7 Å². The molecule has 0 saturated heterocycles. The summed E-state index contributed by atoms with van der Waals surface area (Å²) in [7, 11) is -1.01. The van der Waals surface area contributed by atoms with Gasteiger partial charge in [-0.25, -0.2) is 0 Å². The summed E-state index contributed by atoms with van der Waals surface area (Å²) in [4.78, 5) is 2.99. The van der Waals surface area contributed by atoms with Crippen molar-refractivity contribution in [1.82, 2.24) is 4.90 Å². The van der Waals surface area contributed by atoms with Crippen molar-refractivity contribution in [1.29, 1.82) is 0 Å². The van der Waals surface area contributed by atoms with Gasteiger partial charge in [-0.05, 0) is 31.3 Å². The smallest absolute Gasteiger partial charge is 0.0618 e. The summed E-state index contributed by atoms with van der Waals surface area (Å²) in [5.41, 5.74) is 6.45. The first kappa shape index (κ1) is 14.7. The molecule has 0 bridgehead atoms. The van der Waals surface area contributed by atoms with E-state index in [9.17, 15) is 4.21 Å². The Morgan fingerprint density at radius 1 is 1.35 bits per heavy atom. The lowest BCUT2D eigenvalue weighted by atomic mass is 10.3. The highest BCUT2D eigenvalue weighted by molar-refractivity contribution is 9.10. The third kappa shape index (κ3) is 4.41. The summed E-state index contributed by atoms with van der Waals surface area (Å²) in [6.45, 7) is 7.04. The number of nitrogen functional groups attached to an aromatic ring is 1. The number of hydrogen-bond acceptors (Lipinski definition) is 3. The minimum atomic E-state index is -1.01. The Labute approximate surface area is 114 Å². The Kier molecular flexibility index (Phi) is 6.16. The van der Waals surface area contributed by atoms with Crippen LogP contribution in [0.2, 0.25) is 0 Å². The molecular weight excluding hydrogens is 300 g/mol. The molecule has 0 aliphatic carbocycles. The normalized spacial score (nSPS) is 12.9. The number of nitrogens with zero attached hydrogens (tertiary/aromatic N) is 1. The molecule has 0 aromatic heterocycles. The largest absolute Gasteiger partial charge is 0.398 e. The highest BCUT2D eigenvalue weighted by atomic mass is 79.9. The molecule has 0 fully saturated rings. The lowest BCUT2D eigenvalue weighted by Crippen LogP contribution is -2.27. The molecule has 1 aromatic carbocycles. The average molecular weight is 319 g/mol. The summed E-state index contributed by atoms with van der Waals surface area (Å²) in [5, 5.41) is 0. The molecule has 3 nitrogen and oxygen atoms in total. The summed E-state index contributed by atoms with van der Waals surface area (Å²) < 4.78 is 13.0. The van der Waals surface area contributed by atoms with Gasteiger partial charge in [0.15, 0.2) is 0 Å². The number of nitrogens with two attached hydrogens (primary N) is 1. The Hall–Kier alpha value is -0.390. The maximum atomic E-state index is 12.1. The predicted molar refractivity (Wildman–Crippen MR) is 77.6 cm³/mol. The maximum absolute atomic E-state index is 12.1. The zero-order valence-corrected chi connectivity index (χ0v) is 12.7. The zero-order valence-electron chi connectivity index (χ0n) is 10.3. The highest BCUT2D eigenvalue weighted by Crippen LogP contribution is 2.21. The Morgan fingerprint density at radius 2 is 2.00 bits per heavy atom. The van der Waals surface area contributed by atoms with Crippen molar-refractivity contribution in [2.24, 2.45) is 0 Å². The van der Waals surface area contributed by atoms with Crippen molar-refractivity contribution < 1.29 is 4.21 Å². The summed E-state index contributed by atoms with van der Waals surface area (Å²) >= 11 is 3.34. The van der Waals surface area contributed by atoms with Gasteiger partial charge in [0.25, 0.3) is 0 Å². The van der Waals surface area contributed by atoms with Gasteiger partial charge in [0.2, 0.25) is 0 Å². The molecule has 1 unspecified atom stereocenters. The predicted octanol–water partition coefficient (Wildman–Crippen LogP) is 2.48. The molecule has 96 valence electrons. The van der Waals surface area contributed by atoms with Crippen LogP contribution in [-0.2, 0) is 10.8 Å². The standard InChI is InChI=1S/C12H19BrN2OS/c1-3-15(4-2)7-8-17(16)12-6-5-10(13)9-11(12)14/h5-6,9H,3-4,7-8,14H2,1-2H3. The zero-order chi connectivity index (χ0) is 12.8. The molecule has 1 atom stereocenters. The molecular formula is C12H19BrN2OS. The lowest BCUT2D eigenvalue weighted by molar-refractivity contribution is 0.323. The van der Waals surface area contributed by atoms with Crippen molar-refractivity contribution in [3.8, 4) is 0 Å². The van der Waals surface area contributed by atoms with Crippen LogP contribution in [-0.4, -0.2) is 34.5 Å². The monoisotopic (exact) mass is 318 g/mol. The van der Waals surface area contributed by atoms with Gasteiger partial charge >= 0.3 is 0 Å². The van der Waals surface area contributed by atoms with E-state index in [0.29, 0.717) is 11.4 Å². The van der Waals surface area contributed by atoms with E-state index in [-0.39, 0.29) is 0 Å². The van der Waals surface area contributed by atoms with Crippen molar-refractivity contribution in [3.05, 3.63) is 22.7 Å². The van der Waals surface area contributed by atoms with E-state index >= 15 is 0 Å². The minimum absolute atomic E-state index is 0.595. The van der Waals surface area contributed by atoms with Gasteiger partial charge in [-0.3, -0.25) is 4.21 Å². The first-order valence-corrected chi connectivity index (χ1v) is 7.85. The van der Waals surface area contributed by atoms with Crippen molar-refractivity contribution in [2.75, 3.05) is 31.1 Å². The van der Waals surface area contributed by atoms with Crippen LogP contribution in [0.1, 0.15) is 13.8 Å². The van der Waals surface area contributed by atoms with Crippen LogP contribution < -0.4 is 5.73 Å². The van der Waals surface area contributed by atoms with Gasteiger partial charge in [-0.15, -0.1) is 0 Å². The molecule has 17 heavy (non-hydrogen) atoms. The summed E-state index contributed by atoms with van der Waals surface area (Å²) in [6, 6.07) is 5.50. The molecule has 5 heteroatoms. The number of rotatable bonds is 6. The fraction of sp³-hybridized carbons (Fsp3) is 0.500. The van der Waals surface area contributed by atoms with Gasteiger partial charge in [-0.2, -0.15) is 0 Å². The molecule has 0 aliphatic rings. The minimum Gasteiger partial charge on any atom is -0.398 e. The average Bonchev–Trinajstić information content (AvgIpc) is 2.30. The van der Waals surface area contributed by atoms with Gasteiger partial charge in [-0.1, -0.05) is 29.8 Å². The number of halogens is 1. The van der Waals surface area contributed by atoms with Crippen molar-refractivity contribution in [3.63, 3.8) is 0 Å². The molecule has 0 heterocycles. The van der Waals surface area contributed by atoms with Gasteiger partial charge < -0.3 is 10.6 Å². The Balaban J connectivity index is 2.64. The van der Waals surface area contributed by atoms with E-state index in [1.54, 1.807) is 6.07 Å². The molecule has 0 aliphatic heterocycles. The van der Waals surface area contributed by atoms with Crippen LogP contribution in [0, 0.1) is 0 Å². The second-order valence-corrected chi connectivity index (χ2v) is 6.21. The van der Waals surface area contributed by atoms with Crippen molar-refractivity contribution >= 4 is 32.4 Å². The number of anilines is 1. The van der Waals surface area contributed by atoms with E-state index in [0.717, 1.165) is 29.0 Å². The summed E-state index contributed by atoms with van der Waals surface area (Å²) in [5.74, 6) is 0.632. The molecule has 0 saturated carbocycles. The highest BCUT2D eigenvalue weighted by Gasteiger charge is 2.09. The van der Waals surface area contributed by atoms with Crippen LogP contribution in [0.3, 0.4) is 0 Å². The van der Waals surface area contributed by atoms with E-state index < -0.39 is 10.8 Å².